The monoisotopic (exact) mass is 301 g/mol. The van der Waals surface area contributed by atoms with E-state index in [1.807, 2.05) is 12.3 Å². The van der Waals surface area contributed by atoms with Crippen molar-refractivity contribution in [1.29, 1.82) is 0 Å². The second-order valence-electron chi connectivity index (χ2n) is 7.02. The number of pyridine rings is 1. The van der Waals surface area contributed by atoms with E-state index in [2.05, 4.69) is 21.3 Å². The van der Waals surface area contributed by atoms with Gasteiger partial charge < -0.3 is 10.1 Å². The zero-order chi connectivity index (χ0) is 15.0. The van der Waals surface area contributed by atoms with Crippen molar-refractivity contribution in [2.24, 2.45) is 5.92 Å². The number of nitrogens with zero attached hydrogens (tertiary/aromatic N) is 2. The van der Waals surface area contributed by atoms with Crippen molar-refractivity contribution < 1.29 is 9.53 Å². The summed E-state index contributed by atoms with van der Waals surface area (Å²) in [5, 5.41) is 3.04. The lowest BCUT2D eigenvalue weighted by Gasteiger charge is -2.47. The fraction of sp³-hybridized carbons (Fsp3) is 0.647. The van der Waals surface area contributed by atoms with E-state index in [1.165, 1.54) is 18.4 Å². The maximum absolute atomic E-state index is 12.1. The molecule has 1 aliphatic carbocycles. The number of carbonyl (C=O) groups is 1. The smallest absolute Gasteiger partial charge is 0.249 e. The van der Waals surface area contributed by atoms with Crippen molar-refractivity contribution in [2.45, 2.75) is 43.9 Å². The molecule has 4 rings (SSSR count). The molecule has 0 unspecified atom stereocenters. The van der Waals surface area contributed by atoms with Crippen LogP contribution in [0.2, 0.25) is 0 Å². The molecule has 5 nitrogen and oxygen atoms in total. The minimum absolute atomic E-state index is 0.0796. The molecule has 5 heteroatoms. The fourth-order valence-corrected chi connectivity index (χ4v) is 3.54. The summed E-state index contributed by atoms with van der Waals surface area (Å²) in [4.78, 5) is 18.6. The van der Waals surface area contributed by atoms with Crippen LogP contribution in [0.3, 0.4) is 0 Å². The molecule has 3 aliphatic rings. The van der Waals surface area contributed by atoms with Crippen LogP contribution in [0.4, 0.5) is 0 Å². The van der Waals surface area contributed by atoms with Crippen LogP contribution in [-0.4, -0.2) is 47.1 Å². The Balaban J connectivity index is 1.24. The minimum atomic E-state index is -0.237. The summed E-state index contributed by atoms with van der Waals surface area (Å²) in [6, 6.07) is 4.07. The van der Waals surface area contributed by atoms with Gasteiger partial charge in [-0.1, -0.05) is 6.07 Å². The van der Waals surface area contributed by atoms with Crippen LogP contribution in [0.1, 0.15) is 31.2 Å². The van der Waals surface area contributed by atoms with E-state index in [9.17, 15) is 4.79 Å². The SMILES string of the molecule is O=C(NCC1CC1)[C@H]1CCC2(CN(Cc3cccnc3)C2)O1. The van der Waals surface area contributed by atoms with Gasteiger partial charge in [0.2, 0.25) is 5.91 Å². The number of nitrogens with one attached hydrogen (secondary N) is 1. The number of amides is 1. The van der Waals surface area contributed by atoms with E-state index in [0.29, 0.717) is 0 Å². The van der Waals surface area contributed by atoms with E-state index in [1.54, 1.807) is 6.20 Å². The summed E-state index contributed by atoms with van der Waals surface area (Å²) in [6.07, 6.45) is 7.85. The van der Waals surface area contributed by atoms with Gasteiger partial charge in [-0.15, -0.1) is 0 Å². The lowest BCUT2D eigenvalue weighted by atomic mass is 9.90. The molecule has 0 radical (unpaired) electrons. The highest BCUT2D eigenvalue weighted by Crippen LogP contribution is 2.39. The highest BCUT2D eigenvalue weighted by atomic mass is 16.5. The van der Waals surface area contributed by atoms with E-state index in [-0.39, 0.29) is 17.6 Å². The molecule has 2 aliphatic heterocycles. The Bertz CT molecular complexity index is 538. The van der Waals surface area contributed by atoms with Crippen LogP contribution in [0.5, 0.6) is 0 Å². The van der Waals surface area contributed by atoms with Gasteiger partial charge >= 0.3 is 0 Å². The molecular formula is C17H23N3O2. The average molecular weight is 301 g/mol. The first kappa shape index (κ1) is 14.2. The number of likely N-dealkylation sites (tertiary alicyclic amines) is 1. The van der Waals surface area contributed by atoms with Crippen LogP contribution in [-0.2, 0) is 16.1 Å². The molecule has 2 saturated heterocycles. The summed E-state index contributed by atoms with van der Waals surface area (Å²) in [5.74, 6) is 0.812. The van der Waals surface area contributed by atoms with Gasteiger partial charge in [0, 0.05) is 38.6 Å². The van der Waals surface area contributed by atoms with E-state index in [0.717, 1.165) is 44.9 Å². The highest BCUT2D eigenvalue weighted by Gasteiger charge is 2.50. The Hall–Kier alpha value is -1.46. The van der Waals surface area contributed by atoms with Gasteiger partial charge in [-0.05, 0) is 43.2 Å². The Morgan fingerprint density at radius 2 is 2.27 bits per heavy atom. The third kappa shape index (κ3) is 3.01. The summed E-state index contributed by atoms with van der Waals surface area (Å²) in [6.45, 7) is 3.60. The largest absolute Gasteiger partial charge is 0.359 e. The number of carbonyl (C=O) groups excluding carboxylic acids is 1. The number of aromatic nitrogens is 1. The molecule has 1 spiro atoms. The number of hydrogen-bond acceptors (Lipinski definition) is 4. The van der Waals surface area contributed by atoms with Gasteiger partial charge in [0.15, 0.2) is 0 Å². The lowest BCUT2D eigenvalue weighted by Crippen LogP contribution is -2.61. The van der Waals surface area contributed by atoms with Gasteiger partial charge in [0.25, 0.3) is 0 Å². The summed E-state index contributed by atoms with van der Waals surface area (Å²) in [7, 11) is 0. The minimum Gasteiger partial charge on any atom is -0.359 e. The molecule has 3 heterocycles. The molecule has 0 bridgehead atoms. The second-order valence-corrected chi connectivity index (χ2v) is 7.02. The van der Waals surface area contributed by atoms with Crippen molar-refractivity contribution in [1.82, 2.24) is 15.2 Å². The van der Waals surface area contributed by atoms with E-state index in [4.69, 9.17) is 4.74 Å². The van der Waals surface area contributed by atoms with Crippen LogP contribution in [0.25, 0.3) is 0 Å². The van der Waals surface area contributed by atoms with E-state index >= 15 is 0 Å². The van der Waals surface area contributed by atoms with E-state index < -0.39 is 0 Å². The normalized spacial score (nSPS) is 26.8. The molecular weight excluding hydrogens is 278 g/mol. The van der Waals surface area contributed by atoms with Crippen LogP contribution in [0, 0.1) is 5.92 Å². The van der Waals surface area contributed by atoms with Crippen molar-refractivity contribution in [2.75, 3.05) is 19.6 Å². The molecule has 22 heavy (non-hydrogen) atoms. The Labute approximate surface area is 131 Å². The standard InChI is InChI=1S/C17H23N3O2/c21-16(19-9-13-3-4-13)15-5-6-17(22-15)11-20(12-17)10-14-2-1-7-18-8-14/h1-2,7-8,13,15H,3-6,9-12H2,(H,19,21)/t15-/m1/s1. The van der Waals surface area contributed by atoms with Crippen LogP contribution < -0.4 is 5.32 Å². The number of rotatable bonds is 5. The highest BCUT2D eigenvalue weighted by molar-refractivity contribution is 5.81. The Morgan fingerprint density at radius 1 is 1.41 bits per heavy atom. The van der Waals surface area contributed by atoms with Crippen molar-refractivity contribution in [3.63, 3.8) is 0 Å². The summed E-state index contributed by atoms with van der Waals surface area (Å²) < 4.78 is 6.10. The van der Waals surface area contributed by atoms with Crippen molar-refractivity contribution in [3.8, 4) is 0 Å². The summed E-state index contributed by atoms with van der Waals surface area (Å²) in [5.41, 5.74) is 1.15. The molecule has 1 aromatic heterocycles. The maximum atomic E-state index is 12.1. The molecule has 0 aromatic carbocycles. The average Bonchev–Trinajstić information content (AvgIpc) is 3.23. The molecule has 1 N–H and O–H groups in total. The van der Waals surface area contributed by atoms with Crippen molar-refractivity contribution >= 4 is 5.91 Å². The lowest BCUT2D eigenvalue weighted by molar-refractivity contribution is -0.157. The van der Waals surface area contributed by atoms with Gasteiger partial charge in [-0.2, -0.15) is 0 Å². The molecule has 118 valence electrons. The molecule has 1 saturated carbocycles. The third-order valence-corrected chi connectivity index (χ3v) is 4.96. The number of hydrogen-bond donors (Lipinski definition) is 1. The zero-order valence-electron chi connectivity index (χ0n) is 12.8. The predicted molar refractivity (Wildman–Crippen MR) is 82.1 cm³/mol. The summed E-state index contributed by atoms with van der Waals surface area (Å²) >= 11 is 0. The quantitative estimate of drug-likeness (QED) is 0.892. The van der Waals surface area contributed by atoms with Crippen molar-refractivity contribution in [3.05, 3.63) is 30.1 Å². The fourth-order valence-electron chi connectivity index (χ4n) is 3.54. The van der Waals surface area contributed by atoms with Gasteiger partial charge in [-0.25, -0.2) is 0 Å². The maximum Gasteiger partial charge on any atom is 0.249 e. The topological polar surface area (TPSA) is 54.5 Å². The first-order valence-corrected chi connectivity index (χ1v) is 8.29. The zero-order valence-corrected chi connectivity index (χ0v) is 12.8. The van der Waals surface area contributed by atoms with Gasteiger partial charge in [0.05, 0.1) is 5.60 Å². The first-order chi connectivity index (χ1) is 10.7. The molecule has 1 atom stereocenters. The third-order valence-electron chi connectivity index (χ3n) is 4.96. The predicted octanol–water partition coefficient (Wildman–Crippen LogP) is 1.34. The molecule has 1 aromatic rings. The van der Waals surface area contributed by atoms with Gasteiger partial charge in [-0.3, -0.25) is 14.7 Å². The number of ether oxygens (including phenoxy) is 1. The molecule has 3 fully saturated rings. The van der Waals surface area contributed by atoms with Crippen LogP contribution in [0.15, 0.2) is 24.5 Å². The van der Waals surface area contributed by atoms with Crippen LogP contribution >= 0.6 is 0 Å². The first-order valence-electron chi connectivity index (χ1n) is 8.29. The Kier molecular flexibility index (Phi) is 3.62. The van der Waals surface area contributed by atoms with Gasteiger partial charge in [0.1, 0.15) is 6.10 Å². The molecule has 1 amide bonds. The second kappa shape index (κ2) is 5.63. The Morgan fingerprint density at radius 3 is 3.00 bits per heavy atom.